The summed E-state index contributed by atoms with van der Waals surface area (Å²) in [6, 6.07) is 0. The summed E-state index contributed by atoms with van der Waals surface area (Å²) in [4.78, 5) is 4.36. The summed E-state index contributed by atoms with van der Waals surface area (Å²) in [5, 5.41) is 11.4. The van der Waals surface area contributed by atoms with Crippen molar-refractivity contribution in [3.05, 3.63) is 18.7 Å². The van der Waals surface area contributed by atoms with Crippen molar-refractivity contribution in [2.24, 2.45) is 11.8 Å². The van der Waals surface area contributed by atoms with Crippen LogP contribution >= 0.6 is 0 Å². The molecule has 3 rings (SSSR count). The summed E-state index contributed by atoms with van der Waals surface area (Å²) in [6.45, 7) is 3.30. The van der Waals surface area contributed by atoms with Crippen LogP contribution in [0.2, 0.25) is 0 Å². The molecule has 1 aliphatic rings. The number of fused-ring (bicyclic) bond motifs is 1. The van der Waals surface area contributed by atoms with E-state index in [1.54, 1.807) is 12.5 Å². The Hall–Kier alpha value is -1.65. The third-order valence-corrected chi connectivity index (χ3v) is 4.32. The SMILES string of the molecule is CCC1CCC(CNc2nccn3cnnc23)CC1. The molecule has 19 heavy (non-hydrogen) atoms. The van der Waals surface area contributed by atoms with E-state index in [-0.39, 0.29) is 0 Å². The summed E-state index contributed by atoms with van der Waals surface area (Å²) in [5.41, 5.74) is 0.810. The predicted octanol–water partition coefficient (Wildman–Crippen LogP) is 2.75. The maximum Gasteiger partial charge on any atom is 0.203 e. The van der Waals surface area contributed by atoms with Gasteiger partial charge in [-0.25, -0.2) is 4.98 Å². The van der Waals surface area contributed by atoms with Crippen molar-refractivity contribution in [1.29, 1.82) is 0 Å². The van der Waals surface area contributed by atoms with Gasteiger partial charge in [0.25, 0.3) is 0 Å². The van der Waals surface area contributed by atoms with E-state index < -0.39 is 0 Å². The highest BCUT2D eigenvalue weighted by Crippen LogP contribution is 2.30. The van der Waals surface area contributed by atoms with E-state index in [0.717, 1.165) is 29.8 Å². The number of nitrogens with one attached hydrogen (secondary N) is 1. The second kappa shape index (κ2) is 5.55. The zero-order valence-corrected chi connectivity index (χ0v) is 11.4. The highest BCUT2D eigenvalue weighted by Gasteiger charge is 2.20. The zero-order valence-electron chi connectivity index (χ0n) is 11.4. The lowest BCUT2D eigenvalue weighted by Gasteiger charge is -2.27. The second-order valence-corrected chi connectivity index (χ2v) is 5.51. The van der Waals surface area contributed by atoms with Crippen LogP contribution < -0.4 is 5.32 Å². The van der Waals surface area contributed by atoms with Gasteiger partial charge in [0, 0.05) is 18.9 Å². The first kappa shape index (κ1) is 12.4. The second-order valence-electron chi connectivity index (χ2n) is 5.51. The topological polar surface area (TPSA) is 55.1 Å². The molecule has 0 unspecified atom stereocenters. The molecular formula is C14H21N5. The number of hydrogen-bond acceptors (Lipinski definition) is 4. The molecule has 0 amide bonds. The fourth-order valence-corrected chi connectivity index (χ4v) is 2.97. The van der Waals surface area contributed by atoms with Gasteiger partial charge in [0.2, 0.25) is 5.65 Å². The number of aromatic nitrogens is 4. The molecule has 0 saturated heterocycles. The standard InChI is InChI=1S/C14H21N5/c1-2-11-3-5-12(6-4-11)9-16-13-14-18-17-10-19(14)8-7-15-13/h7-8,10-12H,2-6,9H2,1H3,(H,15,16). The van der Waals surface area contributed by atoms with Gasteiger partial charge in [0.15, 0.2) is 5.82 Å². The quantitative estimate of drug-likeness (QED) is 0.917. The minimum Gasteiger partial charge on any atom is -0.367 e. The zero-order chi connectivity index (χ0) is 13.1. The lowest BCUT2D eigenvalue weighted by molar-refractivity contribution is 0.278. The molecule has 0 radical (unpaired) electrons. The van der Waals surface area contributed by atoms with Crippen LogP contribution in [-0.4, -0.2) is 26.1 Å². The average molecular weight is 259 g/mol. The van der Waals surface area contributed by atoms with Crippen molar-refractivity contribution in [1.82, 2.24) is 19.6 Å². The van der Waals surface area contributed by atoms with E-state index in [9.17, 15) is 0 Å². The van der Waals surface area contributed by atoms with E-state index in [4.69, 9.17) is 0 Å². The Kier molecular flexibility index (Phi) is 3.62. The molecule has 2 heterocycles. The van der Waals surface area contributed by atoms with Gasteiger partial charge in [-0.2, -0.15) is 0 Å². The molecule has 2 aromatic heterocycles. The lowest BCUT2D eigenvalue weighted by atomic mass is 9.81. The van der Waals surface area contributed by atoms with Gasteiger partial charge in [0.05, 0.1) is 0 Å². The first-order chi connectivity index (χ1) is 9.36. The highest BCUT2D eigenvalue weighted by molar-refractivity contribution is 5.61. The first-order valence-corrected chi connectivity index (χ1v) is 7.25. The number of anilines is 1. The molecule has 0 bridgehead atoms. The van der Waals surface area contributed by atoms with Crippen LogP contribution in [0.15, 0.2) is 18.7 Å². The van der Waals surface area contributed by atoms with Crippen molar-refractivity contribution in [3.63, 3.8) is 0 Å². The smallest absolute Gasteiger partial charge is 0.203 e. The van der Waals surface area contributed by atoms with Gasteiger partial charge in [-0.15, -0.1) is 10.2 Å². The van der Waals surface area contributed by atoms with Crippen molar-refractivity contribution in [2.45, 2.75) is 39.0 Å². The fraction of sp³-hybridized carbons (Fsp3) is 0.643. The monoisotopic (exact) mass is 259 g/mol. The van der Waals surface area contributed by atoms with Crippen LogP contribution in [0.3, 0.4) is 0 Å². The maximum absolute atomic E-state index is 4.36. The van der Waals surface area contributed by atoms with Gasteiger partial charge in [-0.05, 0) is 24.7 Å². The van der Waals surface area contributed by atoms with Crippen molar-refractivity contribution in [3.8, 4) is 0 Å². The van der Waals surface area contributed by atoms with Crippen LogP contribution in [0.4, 0.5) is 5.82 Å². The fourth-order valence-electron chi connectivity index (χ4n) is 2.97. The highest BCUT2D eigenvalue weighted by atomic mass is 15.2. The van der Waals surface area contributed by atoms with Crippen molar-refractivity contribution >= 4 is 11.5 Å². The summed E-state index contributed by atoms with van der Waals surface area (Å²) in [5.74, 6) is 2.57. The molecule has 1 fully saturated rings. The summed E-state index contributed by atoms with van der Waals surface area (Å²) < 4.78 is 1.89. The van der Waals surface area contributed by atoms with Crippen LogP contribution in [0, 0.1) is 11.8 Å². The number of hydrogen-bond donors (Lipinski definition) is 1. The van der Waals surface area contributed by atoms with Gasteiger partial charge >= 0.3 is 0 Å². The molecule has 1 N–H and O–H groups in total. The molecule has 5 nitrogen and oxygen atoms in total. The van der Waals surface area contributed by atoms with E-state index in [0.29, 0.717) is 0 Å². The van der Waals surface area contributed by atoms with E-state index in [1.807, 2.05) is 10.6 Å². The molecule has 1 saturated carbocycles. The average Bonchev–Trinajstić information content (AvgIpc) is 2.94. The number of rotatable bonds is 4. The Labute approximate surface area is 113 Å². The molecular weight excluding hydrogens is 238 g/mol. The normalized spacial score (nSPS) is 23.6. The maximum atomic E-state index is 4.36. The first-order valence-electron chi connectivity index (χ1n) is 7.25. The summed E-state index contributed by atoms with van der Waals surface area (Å²) >= 11 is 0. The number of nitrogens with zero attached hydrogens (tertiary/aromatic N) is 4. The molecule has 2 aromatic rings. The Morgan fingerprint density at radius 2 is 2.05 bits per heavy atom. The summed E-state index contributed by atoms with van der Waals surface area (Å²) in [6.07, 6.45) is 12.1. The van der Waals surface area contributed by atoms with Crippen LogP contribution in [0.5, 0.6) is 0 Å². The van der Waals surface area contributed by atoms with E-state index in [1.165, 1.54) is 32.1 Å². The van der Waals surface area contributed by atoms with Crippen LogP contribution in [0.25, 0.3) is 5.65 Å². The van der Waals surface area contributed by atoms with Gasteiger partial charge in [0.1, 0.15) is 6.33 Å². The minimum absolute atomic E-state index is 0.771. The molecule has 0 spiro atoms. The van der Waals surface area contributed by atoms with Gasteiger partial charge in [-0.1, -0.05) is 26.2 Å². The molecule has 1 aliphatic carbocycles. The molecule has 0 atom stereocenters. The van der Waals surface area contributed by atoms with Crippen LogP contribution in [0.1, 0.15) is 39.0 Å². The van der Waals surface area contributed by atoms with Gasteiger partial charge in [-0.3, -0.25) is 4.40 Å². The van der Waals surface area contributed by atoms with Crippen LogP contribution in [-0.2, 0) is 0 Å². The lowest BCUT2D eigenvalue weighted by Crippen LogP contribution is -2.21. The minimum atomic E-state index is 0.771. The molecule has 0 aromatic carbocycles. The Balaban J connectivity index is 1.59. The van der Waals surface area contributed by atoms with Crippen molar-refractivity contribution in [2.75, 3.05) is 11.9 Å². The Morgan fingerprint density at radius 1 is 1.26 bits per heavy atom. The molecule has 0 aliphatic heterocycles. The Morgan fingerprint density at radius 3 is 2.84 bits per heavy atom. The molecule has 5 heteroatoms. The summed E-state index contributed by atoms with van der Waals surface area (Å²) in [7, 11) is 0. The molecule has 102 valence electrons. The van der Waals surface area contributed by atoms with Gasteiger partial charge < -0.3 is 5.32 Å². The van der Waals surface area contributed by atoms with Crippen molar-refractivity contribution < 1.29 is 0 Å². The largest absolute Gasteiger partial charge is 0.367 e. The third-order valence-electron chi connectivity index (χ3n) is 4.32. The van der Waals surface area contributed by atoms with E-state index in [2.05, 4.69) is 27.4 Å². The third kappa shape index (κ3) is 2.69. The van der Waals surface area contributed by atoms with E-state index >= 15 is 0 Å². The predicted molar refractivity (Wildman–Crippen MR) is 75.0 cm³/mol. The Bertz CT molecular complexity index is 527.